The van der Waals surface area contributed by atoms with Crippen molar-refractivity contribution >= 4 is 38.4 Å². The normalized spacial score (nSPS) is 14.3. The van der Waals surface area contributed by atoms with Gasteiger partial charge in [-0.15, -0.1) is 0 Å². The van der Waals surface area contributed by atoms with Crippen LogP contribution in [0.5, 0.6) is 0 Å². The topological polar surface area (TPSA) is 65.5 Å². The van der Waals surface area contributed by atoms with Crippen molar-refractivity contribution in [2.24, 2.45) is 0 Å². The van der Waals surface area contributed by atoms with Gasteiger partial charge in [-0.25, -0.2) is 9.37 Å². The second-order valence-corrected chi connectivity index (χ2v) is 9.45. The molecule has 1 N–H and O–H groups in total. The van der Waals surface area contributed by atoms with E-state index in [-0.39, 0.29) is 17.5 Å². The van der Waals surface area contributed by atoms with E-state index in [1.54, 1.807) is 42.5 Å². The van der Waals surface area contributed by atoms with Gasteiger partial charge in [-0.1, -0.05) is 59.9 Å². The Morgan fingerprint density at radius 2 is 1.54 bits per heavy atom. The molecular formula is C27H25FN4O2S. The lowest BCUT2D eigenvalue weighted by molar-refractivity contribution is 0.0946. The van der Waals surface area contributed by atoms with Crippen LogP contribution >= 0.6 is 11.3 Å². The molecule has 1 aromatic heterocycles. The van der Waals surface area contributed by atoms with Gasteiger partial charge in [-0.05, 0) is 24.3 Å². The van der Waals surface area contributed by atoms with Crippen molar-refractivity contribution < 1.29 is 14.0 Å². The molecule has 0 spiro atoms. The van der Waals surface area contributed by atoms with Crippen molar-refractivity contribution in [3.63, 3.8) is 0 Å². The quantitative estimate of drug-likeness (QED) is 0.395. The number of carbonyl (C=O) groups excluding carboxylic acids is 2. The molecule has 4 aromatic rings. The number of fused-ring (bicyclic) bond motifs is 1. The largest absolute Gasteiger partial charge is 0.351 e. The number of rotatable bonds is 7. The molecule has 0 unspecified atom stereocenters. The zero-order valence-corrected chi connectivity index (χ0v) is 19.9. The molecule has 8 heteroatoms. The molecule has 1 fully saturated rings. The molecule has 1 aliphatic rings. The van der Waals surface area contributed by atoms with Gasteiger partial charge in [-0.2, -0.15) is 0 Å². The van der Waals surface area contributed by atoms with E-state index in [1.807, 2.05) is 24.3 Å². The molecule has 1 amide bonds. The number of hydrogen-bond acceptors (Lipinski definition) is 6. The van der Waals surface area contributed by atoms with Gasteiger partial charge in [0.05, 0.1) is 4.70 Å². The maximum absolute atomic E-state index is 13.9. The minimum atomic E-state index is -0.281. The van der Waals surface area contributed by atoms with Gasteiger partial charge >= 0.3 is 0 Å². The number of benzene rings is 3. The maximum atomic E-state index is 13.9. The number of hydrogen-bond donors (Lipinski definition) is 1. The number of aromatic nitrogens is 1. The van der Waals surface area contributed by atoms with Crippen LogP contribution in [-0.4, -0.2) is 60.8 Å². The van der Waals surface area contributed by atoms with Crippen molar-refractivity contribution in [3.05, 3.63) is 95.3 Å². The Kier molecular flexibility index (Phi) is 6.83. The summed E-state index contributed by atoms with van der Waals surface area (Å²) >= 11 is 1.52. The van der Waals surface area contributed by atoms with Crippen LogP contribution in [0.15, 0.2) is 72.8 Å². The van der Waals surface area contributed by atoms with Crippen molar-refractivity contribution in [2.45, 2.75) is 0 Å². The average Bonchev–Trinajstić information content (AvgIpc) is 3.35. The zero-order valence-electron chi connectivity index (χ0n) is 19.1. The number of nitrogens with one attached hydrogen (secondary N) is 1. The summed E-state index contributed by atoms with van der Waals surface area (Å²) in [6.45, 7) is 4.61. The first-order valence-corrected chi connectivity index (χ1v) is 12.4. The summed E-state index contributed by atoms with van der Waals surface area (Å²) < 4.78 is 14.8. The molecule has 0 bridgehead atoms. The third kappa shape index (κ3) is 5.23. The van der Waals surface area contributed by atoms with Crippen molar-refractivity contribution in [1.82, 2.24) is 15.2 Å². The van der Waals surface area contributed by atoms with Crippen LogP contribution in [0.3, 0.4) is 0 Å². The molecule has 0 atom stereocenters. The summed E-state index contributed by atoms with van der Waals surface area (Å²) in [6.07, 6.45) is 0. The monoisotopic (exact) mass is 488 g/mol. The Balaban J connectivity index is 1.08. The maximum Gasteiger partial charge on any atom is 0.251 e. The summed E-state index contributed by atoms with van der Waals surface area (Å²) in [4.78, 5) is 34.0. The van der Waals surface area contributed by atoms with Gasteiger partial charge in [0.25, 0.3) is 5.91 Å². The summed E-state index contributed by atoms with van der Waals surface area (Å²) in [5.41, 5.74) is 2.15. The lowest BCUT2D eigenvalue weighted by Gasteiger charge is -2.34. The molecule has 2 heterocycles. The van der Waals surface area contributed by atoms with Crippen LogP contribution < -0.4 is 10.2 Å². The van der Waals surface area contributed by atoms with E-state index in [9.17, 15) is 14.0 Å². The molecule has 1 aliphatic heterocycles. The van der Waals surface area contributed by atoms with E-state index in [2.05, 4.69) is 20.1 Å². The van der Waals surface area contributed by atoms with Gasteiger partial charge in [0, 0.05) is 56.0 Å². The van der Waals surface area contributed by atoms with Crippen LogP contribution in [0.1, 0.15) is 26.3 Å². The molecule has 35 heavy (non-hydrogen) atoms. The SMILES string of the molecule is O=C(NCCN1CCN(c2nc3c(F)cccc3s2)CC1)c1ccc(C(=O)c2ccccc2)cc1. The average molecular weight is 489 g/mol. The van der Waals surface area contributed by atoms with Crippen LogP contribution in [0.2, 0.25) is 0 Å². The fraction of sp³-hybridized carbons (Fsp3) is 0.222. The number of halogens is 1. The van der Waals surface area contributed by atoms with Crippen molar-refractivity contribution in [3.8, 4) is 0 Å². The first kappa shape index (κ1) is 23.1. The highest BCUT2D eigenvalue weighted by Gasteiger charge is 2.20. The summed E-state index contributed by atoms with van der Waals surface area (Å²) in [5.74, 6) is -0.497. The molecular weight excluding hydrogens is 463 g/mol. The summed E-state index contributed by atoms with van der Waals surface area (Å²) in [6, 6.07) is 20.9. The van der Waals surface area contributed by atoms with Crippen LogP contribution in [0, 0.1) is 5.82 Å². The molecule has 0 saturated carbocycles. The van der Waals surface area contributed by atoms with E-state index in [0.717, 1.165) is 42.6 Å². The Labute approximate surface area is 207 Å². The predicted molar refractivity (Wildman–Crippen MR) is 137 cm³/mol. The third-order valence-corrected chi connectivity index (χ3v) is 7.24. The fourth-order valence-corrected chi connectivity index (χ4v) is 5.19. The number of thiazole rings is 1. The Morgan fingerprint density at radius 1 is 0.857 bits per heavy atom. The number of nitrogens with zero attached hydrogens (tertiary/aromatic N) is 3. The van der Waals surface area contributed by atoms with E-state index >= 15 is 0 Å². The van der Waals surface area contributed by atoms with Gasteiger partial charge in [0.1, 0.15) is 11.3 Å². The van der Waals surface area contributed by atoms with Gasteiger partial charge < -0.3 is 10.2 Å². The number of anilines is 1. The Hall–Kier alpha value is -3.62. The molecule has 1 saturated heterocycles. The standard InChI is InChI=1S/C27H25FN4O2S/c28-22-7-4-8-23-24(22)30-27(35-23)32-17-15-31(16-18-32)14-13-29-26(34)21-11-9-20(10-12-21)25(33)19-5-2-1-3-6-19/h1-12H,13-18H2,(H,29,34). The van der Waals surface area contributed by atoms with Crippen LogP contribution in [-0.2, 0) is 0 Å². The highest BCUT2D eigenvalue weighted by molar-refractivity contribution is 7.22. The Bertz CT molecular complexity index is 1330. The minimum Gasteiger partial charge on any atom is -0.351 e. The third-order valence-electron chi connectivity index (χ3n) is 6.16. The highest BCUT2D eigenvalue weighted by atomic mass is 32.1. The van der Waals surface area contributed by atoms with Crippen molar-refractivity contribution in [2.75, 3.05) is 44.2 Å². The van der Waals surface area contributed by atoms with Crippen molar-refractivity contribution in [1.29, 1.82) is 0 Å². The van der Waals surface area contributed by atoms with Gasteiger partial charge in [0.15, 0.2) is 10.9 Å². The van der Waals surface area contributed by atoms with E-state index < -0.39 is 0 Å². The number of piperazine rings is 1. The first-order chi connectivity index (χ1) is 17.1. The minimum absolute atomic E-state index is 0.0623. The van der Waals surface area contributed by atoms with Crippen LogP contribution in [0.25, 0.3) is 10.2 Å². The van der Waals surface area contributed by atoms with Gasteiger partial charge in [0.2, 0.25) is 0 Å². The molecule has 5 rings (SSSR count). The lowest BCUT2D eigenvalue weighted by Crippen LogP contribution is -2.48. The zero-order chi connectivity index (χ0) is 24.2. The molecule has 0 aliphatic carbocycles. The molecule has 0 radical (unpaired) electrons. The Morgan fingerprint density at radius 3 is 2.26 bits per heavy atom. The smallest absolute Gasteiger partial charge is 0.251 e. The number of amides is 1. The van der Waals surface area contributed by atoms with Gasteiger partial charge in [-0.3, -0.25) is 14.5 Å². The highest BCUT2D eigenvalue weighted by Crippen LogP contribution is 2.30. The summed E-state index contributed by atoms with van der Waals surface area (Å²) in [5, 5.41) is 3.82. The molecule has 3 aromatic carbocycles. The summed E-state index contributed by atoms with van der Waals surface area (Å²) in [7, 11) is 0. The second-order valence-electron chi connectivity index (χ2n) is 8.44. The molecule has 6 nitrogen and oxygen atoms in total. The molecule has 178 valence electrons. The van der Waals surface area contributed by atoms with E-state index in [4.69, 9.17) is 0 Å². The van der Waals surface area contributed by atoms with E-state index in [1.165, 1.54) is 17.4 Å². The second kappa shape index (κ2) is 10.3. The number of carbonyl (C=O) groups is 2. The fourth-order valence-electron chi connectivity index (χ4n) is 4.16. The number of ketones is 1. The first-order valence-electron chi connectivity index (χ1n) is 11.6. The van der Waals surface area contributed by atoms with E-state index in [0.29, 0.717) is 28.8 Å². The van der Waals surface area contributed by atoms with Crippen LogP contribution in [0.4, 0.5) is 9.52 Å². The predicted octanol–water partition coefficient (Wildman–Crippen LogP) is 4.22. The lowest BCUT2D eigenvalue weighted by atomic mass is 10.0. The number of para-hydroxylation sites is 1.